The number of rotatable bonds is 4. The fourth-order valence-electron chi connectivity index (χ4n) is 1.66. The molecule has 0 aliphatic carbocycles. The van der Waals surface area contributed by atoms with Crippen molar-refractivity contribution >= 4 is 17.7 Å². The van der Waals surface area contributed by atoms with Crippen molar-refractivity contribution in [1.82, 2.24) is 0 Å². The molecule has 0 saturated heterocycles. The summed E-state index contributed by atoms with van der Waals surface area (Å²) in [5.41, 5.74) is 12.9. The highest BCUT2D eigenvalue weighted by atomic mass is 19.1. The van der Waals surface area contributed by atoms with Gasteiger partial charge in [0.2, 0.25) is 5.96 Å². The monoisotopic (exact) mass is 282 g/mol. The third-order valence-electron chi connectivity index (χ3n) is 2.65. The fraction of sp³-hybridized carbons (Fsp3) is 0. The first-order chi connectivity index (χ1) is 10.1. The Bertz CT molecular complexity index is 669. The van der Waals surface area contributed by atoms with E-state index in [0.29, 0.717) is 5.71 Å². The van der Waals surface area contributed by atoms with Crippen LogP contribution in [0.15, 0.2) is 70.9 Å². The van der Waals surface area contributed by atoms with Gasteiger partial charge in [-0.05, 0) is 23.8 Å². The Labute approximate surface area is 122 Å². The van der Waals surface area contributed by atoms with Crippen LogP contribution in [0.5, 0.6) is 0 Å². The van der Waals surface area contributed by atoms with Crippen LogP contribution in [0.2, 0.25) is 0 Å². The summed E-state index contributed by atoms with van der Waals surface area (Å²) in [5, 5.41) is 7.70. The maximum absolute atomic E-state index is 12.9. The van der Waals surface area contributed by atoms with E-state index in [9.17, 15) is 4.39 Å². The summed E-state index contributed by atoms with van der Waals surface area (Å²) in [6, 6.07) is 15.6. The molecule has 2 aromatic rings. The number of hydrogen-bond donors (Lipinski definition) is 2. The van der Waals surface area contributed by atoms with Crippen molar-refractivity contribution in [2.24, 2.45) is 21.7 Å². The van der Waals surface area contributed by atoms with Crippen molar-refractivity contribution in [1.29, 1.82) is 0 Å². The zero-order valence-electron chi connectivity index (χ0n) is 11.3. The molecule has 2 aromatic carbocycles. The first kappa shape index (κ1) is 14.5. The van der Waals surface area contributed by atoms with Crippen LogP contribution in [0.25, 0.3) is 6.08 Å². The highest BCUT2D eigenvalue weighted by molar-refractivity contribution is 6.10. The number of allylic oxidation sites excluding steroid dienone is 1. The van der Waals surface area contributed by atoms with Gasteiger partial charge >= 0.3 is 0 Å². The van der Waals surface area contributed by atoms with Gasteiger partial charge in [0, 0.05) is 5.56 Å². The van der Waals surface area contributed by atoms with Crippen LogP contribution in [-0.4, -0.2) is 11.7 Å². The van der Waals surface area contributed by atoms with E-state index in [2.05, 4.69) is 10.2 Å². The van der Waals surface area contributed by atoms with Crippen LogP contribution in [0.4, 0.5) is 4.39 Å². The summed E-state index contributed by atoms with van der Waals surface area (Å²) in [6.45, 7) is 0. The SMILES string of the molecule is NC(N)=N/N=C(/C=C/c1ccc(F)cc1)c1ccccc1. The van der Waals surface area contributed by atoms with Crippen LogP contribution in [-0.2, 0) is 0 Å². The number of hydrogen-bond acceptors (Lipinski definition) is 2. The van der Waals surface area contributed by atoms with Gasteiger partial charge in [0.05, 0.1) is 5.71 Å². The van der Waals surface area contributed by atoms with Crippen LogP contribution in [0.1, 0.15) is 11.1 Å². The summed E-state index contributed by atoms with van der Waals surface area (Å²) in [6.07, 6.45) is 3.59. The van der Waals surface area contributed by atoms with E-state index < -0.39 is 0 Å². The summed E-state index contributed by atoms with van der Waals surface area (Å²) in [7, 11) is 0. The Morgan fingerprint density at radius 3 is 2.19 bits per heavy atom. The van der Waals surface area contributed by atoms with Crippen molar-refractivity contribution in [3.8, 4) is 0 Å². The van der Waals surface area contributed by atoms with Gasteiger partial charge in [-0.1, -0.05) is 48.5 Å². The Balaban J connectivity index is 2.30. The number of guanidine groups is 1. The van der Waals surface area contributed by atoms with E-state index in [-0.39, 0.29) is 11.8 Å². The largest absolute Gasteiger partial charge is 0.369 e. The topological polar surface area (TPSA) is 76.8 Å². The second kappa shape index (κ2) is 7.00. The van der Waals surface area contributed by atoms with E-state index in [4.69, 9.17) is 11.5 Å². The number of halogens is 1. The summed E-state index contributed by atoms with van der Waals surface area (Å²) in [4.78, 5) is 0. The third-order valence-corrected chi connectivity index (χ3v) is 2.65. The highest BCUT2D eigenvalue weighted by Crippen LogP contribution is 2.08. The Morgan fingerprint density at radius 1 is 0.905 bits per heavy atom. The maximum atomic E-state index is 12.9. The molecule has 5 heteroatoms. The molecule has 0 saturated carbocycles. The van der Waals surface area contributed by atoms with Crippen molar-refractivity contribution in [2.75, 3.05) is 0 Å². The predicted molar refractivity (Wildman–Crippen MR) is 84.2 cm³/mol. The highest BCUT2D eigenvalue weighted by Gasteiger charge is 1.99. The molecule has 21 heavy (non-hydrogen) atoms. The average Bonchev–Trinajstić information content (AvgIpc) is 2.50. The first-order valence-electron chi connectivity index (χ1n) is 6.31. The van der Waals surface area contributed by atoms with Crippen molar-refractivity contribution in [2.45, 2.75) is 0 Å². The lowest BCUT2D eigenvalue weighted by atomic mass is 10.1. The maximum Gasteiger partial charge on any atom is 0.211 e. The van der Waals surface area contributed by atoms with Gasteiger partial charge in [-0.15, -0.1) is 10.2 Å². The molecule has 0 spiro atoms. The molecular formula is C16H15FN4. The summed E-state index contributed by atoms with van der Waals surface area (Å²) >= 11 is 0. The van der Waals surface area contributed by atoms with Gasteiger partial charge in [-0.2, -0.15) is 0 Å². The zero-order valence-corrected chi connectivity index (χ0v) is 11.3. The van der Waals surface area contributed by atoms with Crippen LogP contribution in [0, 0.1) is 5.82 Å². The molecular weight excluding hydrogens is 267 g/mol. The molecule has 0 fully saturated rings. The fourth-order valence-corrected chi connectivity index (χ4v) is 1.66. The molecule has 0 amide bonds. The van der Waals surface area contributed by atoms with Crippen molar-refractivity contribution in [3.05, 3.63) is 77.6 Å². The summed E-state index contributed by atoms with van der Waals surface area (Å²) in [5.74, 6) is -0.386. The van der Waals surface area contributed by atoms with Gasteiger partial charge in [0.15, 0.2) is 0 Å². The quantitative estimate of drug-likeness (QED) is 0.513. The molecule has 0 radical (unpaired) electrons. The van der Waals surface area contributed by atoms with Crippen LogP contribution >= 0.6 is 0 Å². The molecule has 0 aliphatic heterocycles. The lowest BCUT2D eigenvalue weighted by molar-refractivity contribution is 0.628. The normalized spacial score (nSPS) is 11.6. The molecule has 4 N–H and O–H groups in total. The standard InChI is InChI=1S/C16H15FN4/c17-14-9-6-12(7-10-14)8-11-15(20-21-16(18)19)13-4-2-1-3-5-13/h1-11H,(H4,18,19,21)/b11-8+,20-15-. The number of benzene rings is 2. The van der Waals surface area contributed by atoms with Crippen LogP contribution in [0.3, 0.4) is 0 Å². The predicted octanol–water partition coefficient (Wildman–Crippen LogP) is 2.52. The smallest absolute Gasteiger partial charge is 0.211 e. The summed E-state index contributed by atoms with van der Waals surface area (Å²) < 4.78 is 12.9. The zero-order chi connectivity index (χ0) is 15.1. The Hall–Kier alpha value is -2.95. The average molecular weight is 282 g/mol. The van der Waals surface area contributed by atoms with Crippen molar-refractivity contribution < 1.29 is 4.39 Å². The van der Waals surface area contributed by atoms with Gasteiger partial charge in [0.1, 0.15) is 5.82 Å². The van der Waals surface area contributed by atoms with Crippen LogP contribution < -0.4 is 11.5 Å². The molecule has 0 heterocycles. The number of nitrogens with two attached hydrogens (primary N) is 2. The minimum absolute atomic E-state index is 0.112. The molecule has 0 aliphatic rings. The molecule has 4 nitrogen and oxygen atoms in total. The van der Waals surface area contributed by atoms with E-state index in [1.54, 1.807) is 18.2 Å². The Kier molecular flexibility index (Phi) is 4.82. The first-order valence-corrected chi connectivity index (χ1v) is 6.31. The molecule has 0 bridgehead atoms. The second-order valence-corrected chi connectivity index (χ2v) is 4.26. The minimum atomic E-state index is -0.274. The second-order valence-electron chi connectivity index (χ2n) is 4.26. The van der Waals surface area contributed by atoms with Crippen molar-refractivity contribution in [3.63, 3.8) is 0 Å². The molecule has 0 aromatic heterocycles. The van der Waals surface area contributed by atoms with E-state index >= 15 is 0 Å². The van der Waals surface area contributed by atoms with E-state index in [0.717, 1.165) is 11.1 Å². The van der Waals surface area contributed by atoms with Gasteiger partial charge < -0.3 is 11.5 Å². The Morgan fingerprint density at radius 2 is 1.57 bits per heavy atom. The van der Waals surface area contributed by atoms with Gasteiger partial charge in [-0.25, -0.2) is 4.39 Å². The lowest BCUT2D eigenvalue weighted by Gasteiger charge is -2.00. The van der Waals surface area contributed by atoms with Gasteiger partial charge in [-0.3, -0.25) is 0 Å². The van der Waals surface area contributed by atoms with E-state index in [1.165, 1.54) is 12.1 Å². The molecule has 0 unspecified atom stereocenters. The minimum Gasteiger partial charge on any atom is -0.369 e. The van der Waals surface area contributed by atoms with E-state index in [1.807, 2.05) is 36.4 Å². The molecule has 2 rings (SSSR count). The lowest BCUT2D eigenvalue weighted by Crippen LogP contribution is -2.22. The van der Waals surface area contributed by atoms with Gasteiger partial charge in [0.25, 0.3) is 0 Å². The third kappa shape index (κ3) is 4.58. The number of nitrogens with zero attached hydrogens (tertiary/aromatic N) is 2. The molecule has 106 valence electrons. The molecule has 0 atom stereocenters.